The summed E-state index contributed by atoms with van der Waals surface area (Å²) in [7, 11) is 0. The van der Waals surface area contributed by atoms with E-state index in [0.717, 1.165) is 31.5 Å². The first-order valence-electron chi connectivity index (χ1n) is 4.16. The maximum absolute atomic E-state index is 8.92. The Bertz CT molecular complexity index is 110. The van der Waals surface area contributed by atoms with Crippen LogP contribution in [0.3, 0.4) is 0 Å². The van der Waals surface area contributed by atoms with Gasteiger partial charge in [-0.1, -0.05) is 12.2 Å². The fourth-order valence-corrected chi connectivity index (χ4v) is 0.824. The third-order valence-corrected chi connectivity index (χ3v) is 1.40. The van der Waals surface area contributed by atoms with Crippen LogP contribution in [0.4, 0.5) is 0 Å². The van der Waals surface area contributed by atoms with Crippen LogP contribution in [0.5, 0.6) is 0 Å². The van der Waals surface area contributed by atoms with Crippen LogP contribution in [0.2, 0.25) is 0 Å². The van der Waals surface area contributed by atoms with Gasteiger partial charge in [-0.05, 0) is 33.2 Å². The van der Waals surface area contributed by atoms with Gasteiger partial charge in [-0.2, -0.15) is 0 Å². The van der Waals surface area contributed by atoms with Crippen LogP contribution in [0.25, 0.3) is 0 Å². The van der Waals surface area contributed by atoms with Gasteiger partial charge in [0.05, 0.1) is 6.10 Å². The van der Waals surface area contributed by atoms with E-state index in [0.29, 0.717) is 0 Å². The van der Waals surface area contributed by atoms with Crippen LogP contribution in [0, 0.1) is 0 Å². The van der Waals surface area contributed by atoms with Gasteiger partial charge in [-0.15, -0.1) is 0 Å². The molecule has 0 bridgehead atoms. The smallest absolute Gasteiger partial charge is 0.0512 e. The van der Waals surface area contributed by atoms with E-state index in [2.05, 4.69) is 11.9 Å². The normalized spacial score (nSPS) is 13.0. The Morgan fingerprint density at radius 3 is 2.73 bits per heavy atom. The van der Waals surface area contributed by atoms with Crippen molar-refractivity contribution in [2.45, 2.75) is 32.8 Å². The fourth-order valence-electron chi connectivity index (χ4n) is 0.824. The van der Waals surface area contributed by atoms with Gasteiger partial charge in [-0.3, -0.25) is 0 Å². The first-order valence-corrected chi connectivity index (χ1v) is 4.16. The molecule has 0 saturated carbocycles. The summed E-state index contributed by atoms with van der Waals surface area (Å²) in [6.45, 7) is 9.45. The lowest BCUT2D eigenvalue weighted by atomic mass is 10.2. The third kappa shape index (κ3) is 9.66. The third-order valence-electron chi connectivity index (χ3n) is 1.40. The molecular weight excluding hydrogens is 138 g/mol. The van der Waals surface area contributed by atoms with E-state index in [1.807, 2.05) is 13.8 Å². The number of nitrogens with one attached hydrogen (secondary N) is 1. The van der Waals surface area contributed by atoms with E-state index in [4.69, 9.17) is 5.11 Å². The molecule has 2 heteroatoms. The lowest BCUT2D eigenvalue weighted by molar-refractivity contribution is 0.181. The average Bonchev–Trinajstić information content (AvgIpc) is 1.85. The quantitative estimate of drug-likeness (QED) is 0.450. The second-order valence-corrected chi connectivity index (χ2v) is 3.13. The van der Waals surface area contributed by atoms with Gasteiger partial charge in [0.1, 0.15) is 0 Å². The summed E-state index contributed by atoms with van der Waals surface area (Å²) < 4.78 is 0. The highest BCUT2D eigenvalue weighted by atomic mass is 16.3. The zero-order chi connectivity index (χ0) is 8.69. The molecule has 0 aliphatic rings. The molecule has 1 unspecified atom stereocenters. The Labute approximate surface area is 69.3 Å². The molecule has 2 N–H and O–H groups in total. The van der Waals surface area contributed by atoms with Crippen LogP contribution < -0.4 is 5.32 Å². The summed E-state index contributed by atoms with van der Waals surface area (Å²) >= 11 is 0. The first-order chi connectivity index (χ1) is 5.13. The Kier molecular flexibility index (Phi) is 6.18. The van der Waals surface area contributed by atoms with Gasteiger partial charge < -0.3 is 10.4 Å². The van der Waals surface area contributed by atoms with Crippen LogP contribution >= 0.6 is 0 Å². The average molecular weight is 157 g/mol. The van der Waals surface area contributed by atoms with Gasteiger partial charge in [0.15, 0.2) is 0 Å². The minimum absolute atomic E-state index is 0.165. The fraction of sp³-hybridized carbons (Fsp3) is 0.778. The maximum Gasteiger partial charge on any atom is 0.0512 e. The summed E-state index contributed by atoms with van der Waals surface area (Å²) in [5, 5.41) is 12.1. The molecule has 1 atom stereocenters. The first kappa shape index (κ1) is 10.7. The Hall–Kier alpha value is -0.340. The van der Waals surface area contributed by atoms with Crippen molar-refractivity contribution < 1.29 is 5.11 Å². The van der Waals surface area contributed by atoms with Gasteiger partial charge in [0, 0.05) is 6.54 Å². The molecule has 0 saturated heterocycles. The summed E-state index contributed by atoms with van der Waals surface area (Å²) in [5.74, 6) is 0. The number of aliphatic hydroxyl groups excluding tert-OH is 1. The zero-order valence-electron chi connectivity index (χ0n) is 7.56. The summed E-state index contributed by atoms with van der Waals surface area (Å²) in [5.41, 5.74) is 1.15. The Balaban J connectivity index is 2.97. The van der Waals surface area contributed by atoms with E-state index in [9.17, 15) is 0 Å². The van der Waals surface area contributed by atoms with Gasteiger partial charge in [0.2, 0.25) is 0 Å². The number of rotatable bonds is 6. The Morgan fingerprint density at radius 1 is 1.64 bits per heavy atom. The molecular formula is C9H19NO. The molecule has 0 aliphatic heterocycles. The highest BCUT2D eigenvalue weighted by molar-refractivity contribution is 4.90. The molecule has 0 aromatic carbocycles. The van der Waals surface area contributed by atoms with Gasteiger partial charge in [0.25, 0.3) is 0 Å². The van der Waals surface area contributed by atoms with Crippen molar-refractivity contribution >= 4 is 0 Å². The summed E-state index contributed by atoms with van der Waals surface area (Å²) in [4.78, 5) is 0. The lowest BCUT2D eigenvalue weighted by Crippen LogP contribution is -2.18. The molecule has 0 fully saturated rings. The maximum atomic E-state index is 8.92. The molecule has 0 aliphatic carbocycles. The minimum Gasteiger partial charge on any atom is -0.393 e. The van der Waals surface area contributed by atoms with Crippen LogP contribution in [0.1, 0.15) is 26.7 Å². The van der Waals surface area contributed by atoms with Crippen LogP contribution in [0.15, 0.2) is 12.2 Å². The molecule has 0 spiro atoms. The van der Waals surface area contributed by atoms with Crippen molar-refractivity contribution in [3.8, 4) is 0 Å². The molecule has 0 amide bonds. The molecule has 66 valence electrons. The number of hydrogen-bond acceptors (Lipinski definition) is 2. The molecule has 2 nitrogen and oxygen atoms in total. The SMILES string of the molecule is C=C(C)CNCCCC(C)O. The van der Waals surface area contributed by atoms with Gasteiger partial charge in [-0.25, -0.2) is 0 Å². The Morgan fingerprint density at radius 2 is 2.27 bits per heavy atom. The van der Waals surface area contributed by atoms with Crippen molar-refractivity contribution in [1.29, 1.82) is 0 Å². The topological polar surface area (TPSA) is 32.3 Å². The van der Waals surface area contributed by atoms with E-state index in [1.165, 1.54) is 0 Å². The van der Waals surface area contributed by atoms with Crippen molar-refractivity contribution in [3.05, 3.63) is 12.2 Å². The molecule has 0 aromatic rings. The van der Waals surface area contributed by atoms with E-state index in [1.54, 1.807) is 0 Å². The summed E-state index contributed by atoms with van der Waals surface area (Å²) in [6.07, 6.45) is 1.75. The molecule has 0 radical (unpaired) electrons. The minimum atomic E-state index is -0.165. The monoisotopic (exact) mass is 157 g/mol. The standard InChI is InChI=1S/C9H19NO/c1-8(2)7-10-6-4-5-9(3)11/h9-11H,1,4-7H2,2-3H3. The molecule has 0 aromatic heterocycles. The van der Waals surface area contributed by atoms with Gasteiger partial charge >= 0.3 is 0 Å². The van der Waals surface area contributed by atoms with E-state index >= 15 is 0 Å². The molecule has 0 rings (SSSR count). The van der Waals surface area contributed by atoms with E-state index < -0.39 is 0 Å². The molecule has 0 heterocycles. The number of hydrogen-bond donors (Lipinski definition) is 2. The van der Waals surface area contributed by atoms with Crippen LogP contribution in [-0.4, -0.2) is 24.3 Å². The lowest BCUT2D eigenvalue weighted by Gasteiger charge is -2.05. The van der Waals surface area contributed by atoms with Crippen molar-refractivity contribution in [3.63, 3.8) is 0 Å². The number of aliphatic hydroxyl groups is 1. The molecule has 11 heavy (non-hydrogen) atoms. The van der Waals surface area contributed by atoms with Crippen molar-refractivity contribution in [1.82, 2.24) is 5.32 Å². The predicted octanol–water partition coefficient (Wildman–Crippen LogP) is 1.31. The van der Waals surface area contributed by atoms with Crippen molar-refractivity contribution in [2.75, 3.05) is 13.1 Å². The van der Waals surface area contributed by atoms with Crippen LogP contribution in [-0.2, 0) is 0 Å². The summed E-state index contributed by atoms with van der Waals surface area (Å²) in [6, 6.07) is 0. The largest absolute Gasteiger partial charge is 0.393 e. The highest BCUT2D eigenvalue weighted by Gasteiger charge is 1.93. The predicted molar refractivity (Wildman–Crippen MR) is 48.6 cm³/mol. The second kappa shape index (κ2) is 6.38. The highest BCUT2D eigenvalue weighted by Crippen LogP contribution is 1.93. The van der Waals surface area contributed by atoms with E-state index in [-0.39, 0.29) is 6.10 Å². The zero-order valence-corrected chi connectivity index (χ0v) is 7.56. The second-order valence-electron chi connectivity index (χ2n) is 3.13. The van der Waals surface area contributed by atoms with Crippen molar-refractivity contribution in [2.24, 2.45) is 0 Å².